The van der Waals surface area contributed by atoms with Crippen LogP contribution in [-0.2, 0) is 4.79 Å². The Balaban J connectivity index is 1.89. The quantitative estimate of drug-likeness (QED) is 0.721. The van der Waals surface area contributed by atoms with Crippen LogP contribution in [0.25, 0.3) is 10.8 Å². The molecule has 0 bridgehead atoms. The Morgan fingerprint density at radius 2 is 1.59 bits per heavy atom. The number of carbonyl (C=O) groups excluding carboxylic acids is 1. The average molecular weight is 289 g/mol. The highest BCUT2D eigenvalue weighted by Crippen LogP contribution is 2.26. The van der Waals surface area contributed by atoms with Crippen molar-refractivity contribution in [1.29, 1.82) is 0 Å². The van der Waals surface area contributed by atoms with Crippen molar-refractivity contribution >= 4 is 22.4 Å². The zero-order valence-corrected chi connectivity index (χ0v) is 12.6. The lowest BCUT2D eigenvalue weighted by atomic mass is 9.95. The topological polar surface area (TPSA) is 29.1 Å². The van der Waals surface area contributed by atoms with Crippen LogP contribution in [0.3, 0.4) is 0 Å². The third-order valence-electron chi connectivity index (χ3n) is 3.97. The maximum atomic E-state index is 12.7. The minimum atomic E-state index is -0.125. The Hall–Kier alpha value is -2.61. The SMILES string of the molecule is CCC(C(=O)Nc1cccc2ccccc12)c1ccccc1. The first-order valence-electron chi connectivity index (χ1n) is 7.63. The van der Waals surface area contributed by atoms with Gasteiger partial charge in [-0.3, -0.25) is 4.79 Å². The summed E-state index contributed by atoms with van der Waals surface area (Å²) in [5.41, 5.74) is 1.93. The molecule has 1 atom stereocenters. The number of benzene rings is 3. The smallest absolute Gasteiger partial charge is 0.231 e. The van der Waals surface area contributed by atoms with Gasteiger partial charge in [0.05, 0.1) is 5.92 Å². The van der Waals surface area contributed by atoms with E-state index in [0.29, 0.717) is 0 Å². The van der Waals surface area contributed by atoms with Crippen LogP contribution in [0.5, 0.6) is 0 Å². The second kappa shape index (κ2) is 6.44. The van der Waals surface area contributed by atoms with Gasteiger partial charge in [0, 0.05) is 11.1 Å². The van der Waals surface area contributed by atoms with Crippen molar-refractivity contribution < 1.29 is 4.79 Å². The molecule has 0 fully saturated rings. The van der Waals surface area contributed by atoms with Crippen LogP contribution in [-0.4, -0.2) is 5.91 Å². The summed E-state index contributed by atoms with van der Waals surface area (Å²) in [6, 6.07) is 24.0. The van der Waals surface area contributed by atoms with Crippen molar-refractivity contribution in [1.82, 2.24) is 0 Å². The second-order valence-electron chi connectivity index (χ2n) is 5.39. The summed E-state index contributed by atoms with van der Waals surface area (Å²) in [6.45, 7) is 2.04. The molecule has 0 spiro atoms. The molecule has 0 aliphatic carbocycles. The maximum Gasteiger partial charge on any atom is 0.231 e. The number of anilines is 1. The van der Waals surface area contributed by atoms with Crippen molar-refractivity contribution in [3.05, 3.63) is 78.4 Å². The minimum Gasteiger partial charge on any atom is -0.325 e. The van der Waals surface area contributed by atoms with E-state index in [1.54, 1.807) is 0 Å². The fraction of sp³-hybridized carbons (Fsp3) is 0.150. The minimum absolute atomic E-state index is 0.0463. The van der Waals surface area contributed by atoms with Crippen molar-refractivity contribution in [3.8, 4) is 0 Å². The number of nitrogens with one attached hydrogen (secondary N) is 1. The number of hydrogen-bond donors (Lipinski definition) is 1. The molecule has 0 heterocycles. The van der Waals surface area contributed by atoms with E-state index >= 15 is 0 Å². The zero-order valence-electron chi connectivity index (χ0n) is 12.6. The molecule has 0 aliphatic heterocycles. The Kier molecular flexibility index (Phi) is 4.19. The third-order valence-corrected chi connectivity index (χ3v) is 3.97. The predicted octanol–water partition coefficient (Wildman–Crippen LogP) is 4.97. The van der Waals surface area contributed by atoms with E-state index in [0.717, 1.165) is 28.4 Å². The summed E-state index contributed by atoms with van der Waals surface area (Å²) in [4.78, 5) is 12.7. The van der Waals surface area contributed by atoms with Gasteiger partial charge in [0.1, 0.15) is 0 Å². The van der Waals surface area contributed by atoms with E-state index in [9.17, 15) is 4.79 Å². The van der Waals surface area contributed by atoms with E-state index in [1.807, 2.05) is 67.6 Å². The number of carbonyl (C=O) groups is 1. The first kappa shape index (κ1) is 14.3. The number of hydrogen-bond acceptors (Lipinski definition) is 1. The third kappa shape index (κ3) is 2.86. The molecule has 0 saturated carbocycles. The molecule has 0 saturated heterocycles. The van der Waals surface area contributed by atoms with E-state index in [1.165, 1.54) is 0 Å². The second-order valence-corrected chi connectivity index (χ2v) is 5.39. The Bertz CT molecular complexity index is 775. The van der Waals surface area contributed by atoms with Gasteiger partial charge in [0.15, 0.2) is 0 Å². The number of amides is 1. The highest BCUT2D eigenvalue weighted by Gasteiger charge is 2.18. The molecule has 2 nitrogen and oxygen atoms in total. The van der Waals surface area contributed by atoms with Gasteiger partial charge < -0.3 is 5.32 Å². The van der Waals surface area contributed by atoms with Crippen LogP contribution in [0.1, 0.15) is 24.8 Å². The Morgan fingerprint density at radius 3 is 2.36 bits per heavy atom. The van der Waals surface area contributed by atoms with Gasteiger partial charge in [0.2, 0.25) is 5.91 Å². The molecule has 1 amide bonds. The van der Waals surface area contributed by atoms with Gasteiger partial charge in [-0.05, 0) is 23.4 Å². The monoisotopic (exact) mass is 289 g/mol. The molecule has 1 N–H and O–H groups in total. The molecule has 0 aliphatic rings. The molecule has 3 rings (SSSR count). The standard InChI is InChI=1S/C20H19NO/c1-2-17(15-9-4-3-5-10-15)20(22)21-19-14-8-12-16-11-6-7-13-18(16)19/h3-14,17H,2H2,1H3,(H,21,22). The fourth-order valence-electron chi connectivity index (χ4n) is 2.81. The van der Waals surface area contributed by atoms with Gasteiger partial charge in [0.25, 0.3) is 0 Å². The molecule has 3 aromatic carbocycles. The lowest BCUT2D eigenvalue weighted by molar-refractivity contribution is -0.117. The van der Waals surface area contributed by atoms with Gasteiger partial charge in [-0.15, -0.1) is 0 Å². The van der Waals surface area contributed by atoms with Gasteiger partial charge in [-0.25, -0.2) is 0 Å². The lowest BCUT2D eigenvalue weighted by Gasteiger charge is -2.16. The van der Waals surface area contributed by atoms with Crippen LogP contribution in [0.4, 0.5) is 5.69 Å². The van der Waals surface area contributed by atoms with Crippen molar-refractivity contribution in [3.63, 3.8) is 0 Å². The van der Waals surface area contributed by atoms with E-state index in [-0.39, 0.29) is 11.8 Å². The molecule has 22 heavy (non-hydrogen) atoms. The normalized spacial score (nSPS) is 12.0. The van der Waals surface area contributed by atoms with Crippen LogP contribution < -0.4 is 5.32 Å². The molecule has 2 heteroatoms. The summed E-state index contributed by atoms with van der Waals surface area (Å²) < 4.78 is 0. The zero-order chi connectivity index (χ0) is 15.4. The van der Waals surface area contributed by atoms with Crippen LogP contribution in [0.2, 0.25) is 0 Å². The van der Waals surface area contributed by atoms with E-state index in [4.69, 9.17) is 0 Å². The van der Waals surface area contributed by atoms with Crippen molar-refractivity contribution in [2.75, 3.05) is 5.32 Å². The maximum absolute atomic E-state index is 12.7. The molecule has 0 aromatic heterocycles. The van der Waals surface area contributed by atoms with Crippen molar-refractivity contribution in [2.45, 2.75) is 19.3 Å². The lowest BCUT2D eigenvalue weighted by Crippen LogP contribution is -2.20. The fourth-order valence-corrected chi connectivity index (χ4v) is 2.81. The number of fused-ring (bicyclic) bond motifs is 1. The molecule has 3 aromatic rings. The summed E-state index contributed by atoms with van der Waals surface area (Å²) >= 11 is 0. The predicted molar refractivity (Wildman–Crippen MR) is 92.1 cm³/mol. The number of rotatable bonds is 4. The summed E-state index contributed by atoms with van der Waals surface area (Å²) in [5, 5.41) is 5.30. The van der Waals surface area contributed by atoms with Crippen LogP contribution >= 0.6 is 0 Å². The Morgan fingerprint density at radius 1 is 0.909 bits per heavy atom. The van der Waals surface area contributed by atoms with Crippen molar-refractivity contribution in [2.24, 2.45) is 0 Å². The van der Waals surface area contributed by atoms with Crippen LogP contribution in [0.15, 0.2) is 72.8 Å². The summed E-state index contributed by atoms with van der Waals surface area (Å²) in [5.74, 6) is -0.0785. The molecule has 110 valence electrons. The molecular weight excluding hydrogens is 270 g/mol. The van der Waals surface area contributed by atoms with Crippen LogP contribution in [0, 0.1) is 0 Å². The summed E-state index contributed by atoms with van der Waals surface area (Å²) in [7, 11) is 0. The van der Waals surface area contributed by atoms with E-state index < -0.39 is 0 Å². The highest BCUT2D eigenvalue weighted by molar-refractivity contribution is 6.04. The molecule has 0 radical (unpaired) electrons. The van der Waals surface area contributed by atoms with Gasteiger partial charge >= 0.3 is 0 Å². The van der Waals surface area contributed by atoms with Gasteiger partial charge in [-0.2, -0.15) is 0 Å². The van der Waals surface area contributed by atoms with E-state index in [2.05, 4.69) is 17.4 Å². The first-order valence-corrected chi connectivity index (χ1v) is 7.63. The molecular formula is C20H19NO. The largest absolute Gasteiger partial charge is 0.325 e. The summed E-state index contributed by atoms with van der Waals surface area (Å²) in [6.07, 6.45) is 0.778. The molecule has 1 unspecified atom stereocenters. The average Bonchev–Trinajstić information content (AvgIpc) is 2.57. The first-order chi connectivity index (χ1) is 10.8. The Labute approximate surface area is 130 Å². The highest BCUT2D eigenvalue weighted by atomic mass is 16.1. The van der Waals surface area contributed by atoms with Gasteiger partial charge in [-0.1, -0.05) is 73.7 Å².